The van der Waals surface area contributed by atoms with E-state index in [2.05, 4.69) is 38.9 Å². The van der Waals surface area contributed by atoms with Crippen LogP contribution in [0.1, 0.15) is 35.9 Å². The monoisotopic (exact) mass is 457 g/mol. The van der Waals surface area contributed by atoms with Gasteiger partial charge in [-0.25, -0.2) is 0 Å². The molecule has 0 aliphatic carbocycles. The second-order valence-electron chi connectivity index (χ2n) is 8.05. The third-order valence-electron chi connectivity index (χ3n) is 5.26. The van der Waals surface area contributed by atoms with Gasteiger partial charge in [0.1, 0.15) is 5.75 Å². The zero-order valence-corrected chi connectivity index (χ0v) is 19.4. The molecule has 5 nitrogen and oxygen atoms in total. The first kappa shape index (κ1) is 22.7. The minimum atomic E-state index is 0.0268. The van der Waals surface area contributed by atoms with Crippen LogP contribution in [0.4, 0.5) is 0 Å². The highest BCUT2D eigenvalue weighted by Crippen LogP contribution is 2.24. The lowest BCUT2D eigenvalue weighted by Gasteiger charge is -2.14. The number of carbonyl (C=O) groups excluding carboxylic acids is 1. The Bertz CT molecular complexity index is 1140. The molecule has 6 heteroatoms. The van der Waals surface area contributed by atoms with Crippen molar-refractivity contribution in [3.05, 3.63) is 107 Å². The Morgan fingerprint density at radius 3 is 2.27 bits per heavy atom. The molecule has 0 aliphatic heterocycles. The highest BCUT2D eigenvalue weighted by molar-refractivity contribution is 7.07. The summed E-state index contributed by atoms with van der Waals surface area (Å²) in [5.41, 5.74) is 3.40. The molecular weight excluding hydrogens is 430 g/mol. The van der Waals surface area contributed by atoms with Crippen LogP contribution in [0, 0.1) is 0 Å². The zero-order valence-electron chi connectivity index (χ0n) is 18.6. The summed E-state index contributed by atoms with van der Waals surface area (Å²) in [6, 6.07) is 28.1. The number of aromatic nitrogens is 2. The molecular formula is C27H27N3O2S. The van der Waals surface area contributed by atoms with Crippen molar-refractivity contribution >= 4 is 17.4 Å². The van der Waals surface area contributed by atoms with Gasteiger partial charge in [0.15, 0.2) is 5.82 Å². The molecule has 1 heterocycles. The van der Waals surface area contributed by atoms with Crippen LogP contribution in [0.3, 0.4) is 0 Å². The van der Waals surface area contributed by atoms with Gasteiger partial charge in [0.05, 0.1) is 6.42 Å². The third kappa shape index (κ3) is 7.26. The second kappa shape index (κ2) is 11.4. The standard InChI is InChI=1S/C27H27N3O2S/c1-20(12-13-21-8-4-2-5-9-21)28-26(31)19-23-14-16-24(17-15-23)32-27-29-25(30-33-27)18-22-10-6-3-7-11-22/h2-11,14-17,20H,12-13,18-19H2,1H3,(H,28,31). The van der Waals surface area contributed by atoms with Crippen LogP contribution >= 0.6 is 11.5 Å². The van der Waals surface area contributed by atoms with Crippen molar-refractivity contribution in [3.8, 4) is 10.9 Å². The van der Waals surface area contributed by atoms with Gasteiger partial charge in [-0.3, -0.25) is 4.79 Å². The maximum Gasteiger partial charge on any atom is 0.298 e. The Balaban J connectivity index is 1.23. The van der Waals surface area contributed by atoms with E-state index in [9.17, 15) is 4.79 Å². The molecule has 1 aromatic heterocycles. The van der Waals surface area contributed by atoms with E-state index in [4.69, 9.17) is 4.74 Å². The van der Waals surface area contributed by atoms with Crippen molar-refractivity contribution in [3.63, 3.8) is 0 Å². The molecule has 0 radical (unpaired) electrons. The molecule has 0 saturated heterocycles. The van der Waals surface area contributed by atoms with Crippen molar-refractivity contribution in [2.24, 2.45) is 0 Å². The highest BCUT2D eigenvalue weighted by Gasteiger charge is 2.10. The third-order valence-corrected chi connectivity index (χ3v) is 5.90. The second-order valence-corrected chi connectivity index (χ2v) is 8.77. The van der Waals surface area contributed by atoms with E-state index < -0.39 is 0 Å². The number of rotatable bonds is 10. The lowest BCUT2D eigenvalue weighted by molar-refractivity contribution is -0.121. The van der Waals surface area contributed by atoms with Crippen LogP contribution in [0.15, 0.2) is 84.9 Å². The van der Waals surface area contributed by atoms with E-state index in [-0.39, 0.29) is 11.9 Å². The fraction of sp³-hybridized carbons (Fsp3) is 0.222. The summed E-state index contributed by atoms with van der Waals surface area (Å²) in [5.74, 6) is 1.45. The number of nitrogens with zero attached hydrogens (tertiary/aromatic N) is 2. The number of aryl methyl sites for hydroxylation is 1. The minimum Gasteiger partial charge on any atom is -0.430 e. The first-order valence-electron chi connectivity index (χ1n) is 11.1. The molecule has 0 fully saturated rings. The van der Waals surface area contributed by atoms with E-state index in [1.54, 1.807) is 0 Å². The van der Waals surface area contributed by atoms with Crippen LogP contribution in [-0.2, 0) is 24.1 Å². The number of benzene rings is 3. The molecule has 1 amide bonds. The van der Waals surface area contributed by atoms with Crippen molar-refractivity contribution in [1.29, 1.82) is 0 Å². The fourth-order valence-corrected chi connectivity index (χ4v) is 4.09. The molecule has 1 unspecified atom stereocenters. The van der Waals surface area contributed by atoms with Crippen LogP contribution in [0.25, 0.3) is 0 Å². The molecule has 33 heavy (non-hydrogen) atoms. The van der Waals surface area contributed by atoms with E-state index >= 15 is 0 Å². The predicted molar refractivity (Wildman–Crippen MR) is 132 cm³/mol. The van der Waals surface area contributed by atoms with Gasteiger partial charge in [-0.1, -0.05) is 72.8 Å². The van der Waals surface area contributed by atoms with E-state index in [1.165, 1.54) is 22.7 Å². The summed E-state index contributed by atoms with van der Waals surface area (Å²) in [6.07, 6.45) is 2.89. The normalized spacial score (nSPS) is 11.7. The largest absolute Gasteiger partial charge is 0.430 e. The number of carbonyl (C=O) groups is 1. The summed E-state index contributed by atoms with van der Waals surface area (Å²) in [5, 5.41) is 3.60. The molecule has 1 atom stereocenters. The van der Waals surface area contributed by atoms with Gasteiger partial charge < -0.3 is 10.1 Å². The average Bonchev–Trinajstić information content (AvgIpc) is 3.27. The van der Waals surface area contributed by atoms with E-state index in [1.807, 2.05) is 67.6 Å². The summed E-state index contributed by atoms with van der Waals surface area (Å²) in [4.78, 5) is 16.9. The fourth-order valence-electron chi connectivity index (χ4n) is 3.52. The Labute approximate surface area is 198 Å². The van der Waals surface area contributed by atoms with Crippen LogP contribution in [-0.4, -0.2) is 21.3 Å². The minimum absolute atomic E-state index is 0.0268. The first-order valence-corrected chi connectivity index (χ1v) is 11.9. The molecule has 168 valence electrons. The van der Waals surface area contributed by atoms with Crippen LogP contribution in [0.2, 0.25) is 0 Å². The molecule has 0 bridgehead atoms. The predicted octanol–water partition coefficient (Wildman–Crippen LogP) is 5.60. The van der Waals surface area contributed by atoms with Gasteiger partial charge in [-0.2, -0.15) is 9.36 Å². The Hall–Kier alpha value is -3.51. The molecule has 3 aromatic carbocycles. The number of hydrogen-bond donors (Lipinski definition) is 1. The quantitative estimate of drug-likeness (QED) is 0.337. The summed E-state index contributed by atoms with van der Waals surface area (Å²) in [6.45, 7) is 2.05. The van der Waals surface area contributed by atoms with Crippen molar-refractivity contribution in [2.45, 2.75) is 38.6 Å². The average molecular weight is 458 g/mol. The van der Waals surface area contributed by atoms with Gasteiger partial charge in [0, 0.05) is 24.0 Å². The Morgan fingerprint density at radius 1 is 0.909 bits per heavy atom. The maximum atomic E-state index is 12.4. The van der Waals surface area contributed by atoms with E-state index in [0.29, 0.717) is 23.8 Å². The molecule has 0 aliphatic rings. The smallest absolute Gasteiger partial charge is 0.298 e. The lowest BCUT2D eigenvalue weighted by Crippen LogP contribution is -2.34. The van der Waals surface area contributed by atoms with Gasteiger partial charge in [-0.05, 0) is 48.6 Å². The molecule has 4 rings (SSSR count). The molecule has 4 aromatic rings. The Morgan fingerprint density at radius 2 is 1.58 bits per heavy atom. The SMILES string of the molecule is CC(CCc1ccccc1)NC(=O)Cc1ccc(Oc2nc(Cc3ccccc3)ns2)cc1. The van der Waals surface area contributed by atoms with Gasteiger partial charge >= 0.3 is 0 Å². The zero-order chi connectivity index (χ0) is 22.9. The van der Waals surface area contributed by atoms with Gasteiger partial charge in [-0.15, -0.1) is 0 Å². The molecule has 0 spiro atoms. The maximum absolute atomic E-state index is 12.4. The lowest BCUT2D eigenvalue weighted by atomic mass is 10.1. The summed E-state index contributed by atoms with van der Waals surface area (Å²) < 4.78 is 10.2. The first-order chi connectivity index (χ1) is 16.1. The van der Waals surface area contributed by atoms with Crippen molar-refractivity contribution in [2.75, 3.05) is 0 Å². The Kier molecular flexibility index (Phi) is 7.82. The topological polar surface area (TPSA) is 64.1 Å². The van der Waals surface area contributed by atoms with Crippen LogP contribution < -0.4 is 10.1 Å². The van der Waals surface area contributed by atoms with Crippen molar-refractivity contribution < 1.29 is 9.53 Å². The number of hydrogen-bond acceptors (Lipinski definition) is 5. The summed E-state index contributed by atoms with van der Waals surface area (Å²) in [7, 11) is 0. The number of amides is 1. The van der Waals surface area contributed by atoms with Crippen molar-refractivity contribution in [1.82, 2.24) is 14.7 Å². The summed E-state index contributed by atoms with van der Waals surface area (Å²) >= 11 is 1.24. The van der Waals surface area contributed by atoms with Crippen LogP contribution in [0.5, 0.6) is 10.9 Å². The number of nitrogens with one attached hydrogen (secondary N) is 1. The van der Waals surface area contributed by atoms with E-state index in [0.717, 1.165) is 24.2 Å². The highest BCUT2D eigenvalue weighted by atomic mass is 32.1. The van der Waals surface area contributed by atoms with Gasteiger partial charge in [0.25, 0.3) is 5.19 Å². The molecule has 1 N–H and O–H groups in total. The molecule has 0 saturated carbocycles. The number of ether oxygens (including phenoxy) is 1. The van der Waals surface area contributed by atoms with Gasteiger partial charge in [0.2, 0.25) is 5.91 Å².